The molecule has 0 unspecified atom stereocenters. The first-order chi connectivity index (χ1) is 6.65. The average Bonchev–Trinajstić information content (AvgIpc) is 2.51. The first-order valence-corrected chi connectivity index (χ1v) is 5.78. The molecule has 1 aliphatic rings. The monoisotopic (exact) mass is 217 g/mol. The SMILES string of the molecule is CCS[C@@H](C)CC(=O)N1CCOC1=O. The van der Waals surface area contributed by atoms with E-state index in [-0.39, 0.29) is 11.2 Å². The highest BCUT2D eigenvalue weighted by Gasteiger charge is 2.28. The number of thioether (sulfide) groups is 1. The Labute approximate surface area is 88.0 Å². The molecular weight excluding hydrogens is 202 g/mol. The van der Waals surface area contributed by atoms with E-state index in [0.29, 0.717) is 19.6 Å². The van der Waals surface area contributed by atoms with Crippen LogP contribution in [-0.2, 0) is 9.53 Å². The smallest absolute Gasteiger partial charge is 0.416 e. The molecule has 1 saturated heterocycles. The summed E-state index contributed by atoms with van der Waals surface area (Å²) in [5.41, 5.74) is 0. The van der Waals surface area contributed by atoms with Crippen molar-refractivity contribution in [2.75, 3.05) is 18.9 Å². The van der Waals surface area contributed by atoms with Crippen LogP contribution in [-0.4, -0.2) is 41.1 Å². The lowest BCUT2D eigenvalue weighted by Gasteiger charge is -2.13. The zero-order valence-electron chi connectivity index (χ0n) is 8.49. The molecule has 80 valence electrons. The average molecular weight is 217 g/mol. The van der Waals surface area contributed by atoms with Crippen molar-refractivity contribution in [2.45, 2.75) is 25.5 Å². The molecule has 4 nitrogen and oxygen atoms in total. The van der Waals surface area contributed by atoms with E-state index >= 15 is 0 Å². The van der Waals surface area contributed by atoms with Gasteiger partial charge in [0.05, 0.1) is 6.54 Å². The standard InChI is InChI=1S/C9H15NO3S/c1-3-14-7(2)6-8(11)10-4-5-13-9(10)12/h7H,3-6H2,1-2H3/t7-/m0/s1. The topological polar surface area (TPSA) is 46.6 Å². The van der Waals surface area contributed by atoms with E-state index in [2.05, 4.69) is 11.7 Å². The highest BCUT2D eigenvalue weighted by atomic mass is 32.2. The van der Waals surface area contributed by atoms with Gasteiger partial charge >= 0.3 is 6.09 Å². The predicted octanol–water partition coefficient (Wildman–Crippen LogP) is 1.50. The van der Waals surface area contributed by atoms with Gasteiger partial charge in [0.15, 0.2) is 0 Å². The van der Waals surface area contributed by atoms with E-state index in [1.807, 2.05) is 6.92 Å². The summed E-state index contributed by atoms with van der Waals surface area (Å²) in [5, 5.41) is 0.265. The molecule has 1 fully saturated rings. The van der Waals surface area contributed by atoms with Crippen LogP contribution in [0.2, 0.25) is 0 Å². The number of amides is 2. The van der Waals surface area contributed by atoms with E-state index in [1.54, 1.807) is 11.8 Å². The summed E-state index contributed by atoms with van der Waals surface area (Å²) >= 11 is 1.72. The molecule has 0 N–H and O–H groups in total. The molecule has 5 heteroatoms. The highest BCUT2D eigenvalue weighted by Crippen LogP contribution is 2.16. The maximum absolute atomic E-state index is 11.6. The number of ether oxygens (including phenoxy) is 1. The number of imide groups is 1. The summed E-state index contributed by atoms with van der Waals surface area (Å²) in [7, 11) is 0. The number of carbonyl (C=O) groups excluding carboxylic acids is 2. The maximum Gasteiger partial charge on any atom is 0.416 e. The molecule has 0 spiro atoms. The van der Waals surface area contributed by atoms with Crippen molar-refractivity contribution in [3.63, 3.8) is 0 Å². The Bertz CT molecular complexity index is 232. The van der Waals surface area contributed by atoms with Crippen LogP contribution in [0.5, 0.6) is 0 Å². The Balaban J connectivity index is 2.37. The summed E-state index contributed by atoms with van der Waals surface area (Å²) in [6.07, 6.45) is -0.0863. The van der Waals surface area contributed by atoms with E-state index in [1.165, 1.54) is 4.90 Å². The Kier molecular flexibility index (Phi) is 4.25. The summed E-state index contributed by atoms with van der Waals surface area (Å²) in [6, 6.07) is 0. The van der Waals surface area contributed by atoms with Gasteiger partial charge in [0.1, 0.15) is 6.61 Å². The Hall–Kier alpha value is -0.710. The first-order valence-electron chi connectivity index (χ1n) is 4.74. The van der Waals surface area contributed by atoms with E-state index in [0.717, 1.165) is 5.75 Å². The summed E-state index contributed by atoms with van der Waals surface area (Å²) in [6.45, 7) is 4.78. The second-order valence-electron chi connectivity index (χ2n) is 3.13. The van der Waals surface area contributed by atoms with E-state index in [9.17, 15) is 9.59 Å². The van der Waals surface area contributed by atoms with Crippen molar-refractivity contribution in [2.24, 2.45) is 0 Å². The minimum atomic E-state index is -0.497. The minimum Gasteiger partial charge on any atom is -0.447 e. The van der Waals surface area contributed by atoms with Gasteiger partial charge in [-0.05, 0) is 5.75 Å². The van der Waals surface area contributed by atoms with Crippen molar-refractivity contribution in [1.29, 1.82) is 0 Å². The minimum absolute atomic E-state index is 0.124. The van der Waals surface area contributed by atoms with Crippen molar-refractivity contribution < 1.29 is 14.3 Å². The van der Waals surface area contributed by atoms with Gasteiger partial charge in [0, 0.05) is 11.7 Å². The van der Waals surface area contributed by atoms with Crippen molar-refractivity contribution >= 4 is 23.8 Å². The lowest BCUT2D eigenvalue weighted by Crippen LogP contribution is -2.33. The van der Waals surface area contributed by atoms with Gasteiger partial charge in [-0.1, -0.05) is 13.8 Å². The molecule has 1 aliphatic heterocycles. The molecule has 0 aromatic carbocycles. The summed E-state index contributed by atoms with van der Waals surface area (Å²) in [5.74, 6) is 0.861. The molecule has 1 rings (SSSR count). The van der Waals surface area contributed by atoms with Crippen LogP contribution in [0.1, 0.15) is 20.3 Å². The van der Waals surface area contributed by atoms with Crippen LogP contribution in [0.4, 0.5) is 4.79 Å². The second-order valence-corrected chi connectivity index (χ2v) is 4.85. The number of hydrogen-bond acceptors (Lipinski definition) is 4. The summed E-state index contributed by atoms with van der Waals surface area (Å²) in [4.78, 5) is 23.8. The van der Waals surface area contributed by atoms with Crippen LogP contribution in [0, 0.1) is 0 Å². The third-order valence-electron chi connectivity index (χ3n) is 1.98. The molecule has 2 amide bonds. The van der Waals surface area contributed by atoms with Crippen LogP contribution in [0.25, 0.3) is 0 Å². The van der Waals surface area contributed by atoms with Gasteiger partial charge in [-0.2, -0.15) is 11.8 Å². The van der Waals surface area contributed by atoms with Crippen molar-refractivity contribution in [3.8, 4) is 0 Å². The lowest BCUT2D eigenvalue weighted by molar-refractivity contribution is -0.127. The highest BCUT2D eigenvalue weighted by molar-refractivity contribution is 7.99. The fourth-order valence-electron chi connectivity index (χ4n) is 1.32. The van der Waals surface area contributed by atoms with Gasteiger partial charge in [-0.3, -0.25) is 4.79 Å². The molecule has 1 atom stereocenters. The zero-order chi connectivity index (χ0) is 10.6. The van der Waals surface area contributed by atoms with Crippen molar-refractivity contribution in [1.82, 2.24) is 4.90 Å². The van der Waals surface area contributed by atoms with Crippen LogP contribution in [0.15, 0.2) is 0 Å². The van der Waals surface area contributed by atoms with Gasteiger partial charge in [-0.15, -0.1) is 0 Å². The predicted molar refractivity (Wildman–Crippen MR) is 55.3 cm³/mol. The van der Waals surface area contributed by atoms with Gasteiger partial charge in [0.25, 0.3) is 0 Å². The molecular formula is C9H15NO3S. The molecule has 0 saturated carbocycles. The van der Waals surface area contributed by atoms with Gasteiger partial charge < -0.3 is 4.74 Å². The Morgan fingerprint density at radius 3 is 2.93 bits per heavy atom. The number of nitrogens with zero attached hydrogens (tertiary/aromatic N) is 1. The van der Waals surface area contributed by atoms with Gasteiger partial charge in [0.2, 0.25) is 5.91 Å². The fraction of sp³-hybridized carbons (Fsp3) is 0.778. The molecule has 0 bridgehead atoms. The molecule has 14 heavy (non-hydrogen) atoms. The molecule has 0 aliphatic carbocycles. The molecule has 0 aromatic heterocycles. The fourth-order valence-corrected chi connectivity index (χ4v) is 2.15. The first kappa shape index (κ1) is 11.4. The zero-order valence-corrected chi connectivity index (χ0v) is 9.30. The van der Waals surface area contributed by atoms with Crippen LogP contribution in [0.3, 0.4) is 0 Å². The quantitative estimate of drug-likeness (QED) is 0.716. The van der Waals surface area contributed by atoms with E-state index in [4.69, 9.17) is 0 Å². The lowest BCUT2D eigenvalue weighted by atomic mass is 10.3. The second kappa shape index (κ2) is 5.24. The Morgan fingerprint density at radius 2 is 2.43 bits per heavy atom. The molecule has 1 heterocycles. The third-order valence-corrected chi connectivity index (χ3v) is 3.04. The molecule has 0 radical (unpaired) electrons. The molecule has 0 aromatic rings. The number of cyclic esters (lactones) is 1. The Morgan fingerprint density at radius 1 is 1.71 bits per heavy atom. The van der Waals surface area contributed by atoms with Crippen LogP contribution >= 0.6 is 11.8 Å². The van der Waals surface area contributed by atoms with Crippen LogP contribution < -0.4 is 0 Å². The van der Waals surface area contributed by atoms with Crippen molar-refractivity contribution in [3.05, 3.63) is 0 Å². The normalized spacial score (nSPS) is 18.1. The third kappa shape index (κ3) is 2.90. The number of rotatable bonds is 4. The number of carbonyl (C=O) groups is 2. The maximum atomic E-state index is 11.6. The largest absolute Gasteiger partial charge is 0.447 e. The van der Waals surface area contributed by atoms with Gasteiger partial charge in [-0.25, -0.2) is 9.69 Å². The summed E-state index contributed by atoms with van der Waals surface area (Å²) < 4.78 is 4.69. The number of hydrogen-bond donors (Lipinski definition) is 0. The van der Waals surface area contributed by atoms with E-state index < -0.39 is 6.09 Å².